The van der Waals surface area contributed by atoms with Crippen molar-refractivity contribution >= 4 is 5.97 Å². The van der Waals surface area contributed by atoms with Crippen LogP contribution in [0, 0.1) is 5.92 Å². The summed E-state index contributed by atoms with van der Waals surface area (Å²) in [6.07, 6.45) is 7.09. The molecule has 4 heteroatoms. The first kappa shape index (κ1) is 16.8. The quantitative estimate of drug-likeness (QED) is 0.733. The predicted octanol–water partition coefficient (Wildman–Crippen LogP) is 2.57. The lowest BCUT2D eigenvalue weighted by molar-refractivity contribution is -0.149. The summed E-state index contributed by atoms with van der Waals surface area (Å²) in [6, 6.07) is 0.917. The number of hydrogen-bond acceptors (Lipinski definition) is 4. The Morgan fingerprint density at radius 3 is 2.71 bits per heavy atom. The molecule has 122 valence electrons. The largest absolute Gasteiger partial charge is 0.468 e. The maximum atomic E-state index is 12.2. The van der Waals surface area contributed by atoms with Crippen LogP contribution in [0.3, 0.4) is 0 Å². The van der Waals surface area contributed by atoms with Crippen molar-refractivity contribution in [3.05, 3.63) is 0 Å². The van der Waals surface area contributed by atoms with Gasteiger partial charge in [-0.05, 0) is 58.4 Å². The molecule has 1 heterocycles. The summed E-state index contributed by atoms with van der Waals surface area (Å²) in [5.41, 5.74) is -0.547. The van der Waals surface area contributed by atoms with Crippen LogP contribution >= 0.6 is 0 Å². The zero-order chi connectivity index (χ0) is 15.5. The molecule has 2 rings (SSSR count). The third-order valence-corrected chi connectivity index (χ3v) is 5.19. The van der Waals surface area contributed by atoms with Gasteiger partial charge in [0.1, 0.15) is 5.54 Å². The summed E-state index contributed by atoms with van der Waals surface area (Å²) in [5, 5.41) is 3.51. The van der Waals surface area contributed by atoms with E-state index in [9.17, 15) is 4.79 Å². The third-order valence-electron chi connectivity index (χ3n) is 5.19. The van der Waals surface area contributed by atoms with Crippen LogP contribution < -0.4 is 5.32 Å². The maximum Gasteiger partial charge on any atom is 0.325 e. The van der Waals surface area contributed by atoms with Gasteiger partial charge < -0.3 is 9.64 Å². The van der Waals surface area contributed by atoms with Crippen LogP contribution in [0.25, 0.3) is 0 Å². The summed E-state index contributed by atoms with van der Waals surface area (Å²) in [7, 11) is 1.49. The van der Waals surface area contributed by atoms with E-state index in [0.717, 1.165) is 12.3 Å². The Morgan fingerprint density at radius 2 is 2.14 bits per heavy atom. The second-order valence-corrected chi connectivity index (χ2v) is 7.21. The fourth-order valence-corrected chi connectivity index (χ4v) is 3.66. The number of esters is 1. The lowest BCUT2D eigenvalue weighted by Crippen LogP contribution is -2.55. The molecule has 0 aromatic rings. The molecule has 0 aromatic heterocycles. The minimum Gasteiger partial charge on any atom is -0.468 e. The highest BCUT2D eigenvalue weighted by Crippen LogP contribution is 2.28. The number of nitrogens with one attached hydrogen (secondary N) is 1. The van der Waals surface area contributed by atoms with Gasteiger partial charge in [0.15, 0.2) is 0 Å². The van der Waals surface area contributed by atoms with Crippen molar-refractivity contribution in [2.75, 3.05) is 20.2 Å². The molecule has 2 fully saturated rings. The monoisotopic (exact) mass is 296 g/mol. The van der Waals surface area contributed by atoms with E-state index in [4.69, 9.17) is 4.74 Å². The average molecular weight is 296 g/mol. The number of carbonyl (C=O) groups excluding carboxylic acids is 1. The number of piperidine rings is 1. The fraction of sp³-hybridized carbons (Fsp3) is 0.941. The summed E-state index contributed by atoms with van der Waals surface area (Å²) >= 11 is 0. The van der Waals surface area contributed by atoms with Gasteiger partial charge in [0, 0.05) is 18.6 Å². The van der Waals surface area contributed by atoms with Gasteiger partial charge in [-0.25, -0.2) is 0 Å². The van der Waals surface area contributed by atoms with Crippen molar-refractivity contribution in [3.8, 4) is 0 Å². The van der Waals surface area contributed by atoms with Crippen molar-refractivity contribution in [1.29, 1.82) is 0 Å². The van der Waals surface area contributed by atoms with Crippen molar-refractivity contribution in [2.24, 2.45) is 5.92 Å². The van der Waals surface area contributed by atoms with Crippen LogP contribution in [-0.4, -0.2) is 48.7 Å². The molecule has 21 heavy (non-hydrogen) atoms. The molecule has 1 aliphatic carbocycles. The van der Waals surface area contributed by atoms with Crippen LogP contribution in [0.15, 0.2) is 0 Å². The zero-order valence-corrected chi connectivity index (χ0v) is 14.2. The number of hydrogen-bond donors (Lipinski definition) is 1. The summed E-state index contributed by atoms with van der Waals surface area (Å²) in [4.78, 5) is 14.8. The lowest BCUT2D eigenvalue weighted by Gasteiger charge is -2.40. The van der Waals surface area contributed by atoms with Crippen molar-refractivity contribution in [1.82, 2.24) is 10.2 Å². The Morgan fingerprint density at radius 1 is 1.43 bits per heavy atom. The Hall–Kier alpha value is -0.610. The van der Waals surface area contributed by atoms with Gasteiger partial charge in [-0.2, -0.15) is 0 Å². The van der Waals surface area contributed by atoms with Gasteiger partial charge >= 0.3 is 5.97 Å². The molecule has 3 atom stereocenters. The van der Waals surface area contributed by atoms with Gasteiger partial charge in [0.2, 0.25) is 0 Å². The number of ether oxygens (including phenoxy) is 1. The third kappa shape index (κ3) is 4.43. The van der Waals surface area contributed by atoms with E-state index < -0.39 is 5.54 Å². The second-order valence-electron chi connectivity index (χ2n) is 7.21. The van der Waals surface area contributed by atoms with Crippen LogP contribution in [-0.2, 0) is 9.53 Å². The minimum absolute atomic E-state index is 0.120. The topological polar surface area (TPSA) is 41.6 Å². The van der Waals surface area contributed by atoms with Crippen molar-refractivity contribution < 1.29 is 9.53 Å². The van der Waals surface area contributed by atoms with E-state index in [1.807, 2.05) is 6.92 Å². The number of nitrogens with zero attached hydrogens (tertiary/aromatic N) is 1. The molecule has 3 unspecified atom stereocenters. The first-order valence-electron chi connectivity index (χ1n) is 8.58. The van der Waals surface area contributed by atoms with E-state index in [1.165, 1.54) is 52.3 Å². The van der Waals surface area contributed by atoms with Crippen LogP contribution in [0.4, 0.5) is 0 Å². The minimum atomic E-state index is -0.547. The smallest absolute Gasteiger partial charge is 0.325 e. The number of carbonyl (C=O) groups is 1. The van der Waals surface area contributed by atoms with Gasteiger partial charge in [-0.15, -0.1) is 0 Å². The van der Waals surface area contributed by atoms with E-state index in [0.29, 0.717) is 12.1 Å². The zero-order valence-electron chi connectivity index (χ0n) is 14.2. The fourth-order valence-electron chi connectivity index (χ4n) is 3.66. The molecule has 1 saturated heterocycles. The van der Waals surface area contributed by atoms with Crippen LogP contribution in [0.5, 0.6) is 0 Å². The summed E-state index contributed by atoms with van der Waals surface area (Å²) in [5.74, 6) is 0.701. The van der Waals surface area contributed by atoms with Gasteiger partial charge in [0.25, 0.3) is 0 Å². The maximum absolute atomic E-state index is 12.2. The molecule has 0 spiro atoms. The van der Waals surface area contributed by atoms with E-state index in [1.54, 1.807) is 0 Å². The number of rotatable bonds is 7. The highest BCUT2D eigenvalue weighted by molar-refractivity contribution is 5.80. The van der Waals surface area contributed by atoms with Crippen LogP contribution in [0.2, 0.25) is 0 Å². The van der Waals surface area contributed by atoms with Gasteiger partial charge in [0.05, 0.1) is 7.11 Å². The van der Waals surface area contributed by atoms with Crippen molar-refractivity contribution in [2.45, 2.75) is 76.9 Å². The SMILES string of the molecule is CCC1CCCN(C(C)CC(C)(NC2CC2)C(=O)OC)C1. The molecule has 0 radical (unpaired) electrons. The predicted molar refractivity (Wildman–Crippen MR) is 85.2 cm³/mol. The molecule has 1 saturated carbocycles. The molecule has 1 N–H and O–H groups in total. The highest BCUT2D eigenvalue weighted by Gasteiger charge is 2.41. The number of methoxy groups -OCH3 is 1. The molecular weight excluding hydrogens is 264 g/mol. The Balaban J connectivity index is 1.96. The summed E-state index contributed by atoms with van der Waals surface area (Å²) in [6.45, 7) is 8.89. The Kier molecular flexibility index (Phi) is 5.67. The van der Waals surface area contributed by atoms with E-state index in [-0.39, 0.29) is 5.97 Å². The number of likely N-dealkylation sites (tertiary alicyclic amines) is 1. The standard InChI is InChI=1S/C17H32N2O2/c1-5-14-7-6-10-19(12-14)13(2)11-17(3,16(20)21-4)18-15-8-9-15/h13-15,18H,5-12H2,1-4H3. The van der Waals surface area contributed by atoms with Crippen molar-refractivity contribution in [3.63, 3.8) is 0 Å². The normalized spacial score (nSPS) is 27.9. The van der Waals surface area contributed by atoms with Gasteiger partial charge in [-0.1, -0.05) is 13.3 Å². The first-order valence-corrected chi connectivity index (χ1v) is 8.58. The molecule has 1 aliphatic heterocycles. The second kappa shape index (κ2) is 7.10. The Bertz CT molecular complexity index is 357. The average Bonchev–Trinajstić information content (AvgIpc) is 3.29. The van der Waals surface area contributed by atoms with E-state index in [2.05, 4.69) is 24.1 Å². The molecule has 4 nitrogen and oxygen atoms in total. The molecule has 0 aromatic carbocycles. The molecule has 2 aliphatic rings. The highest BCUT2D eigenvalue weighted by atomic mass is 16.5. The lowest BCUT2D eigenvalue weighted by atomic mass is 9.89. The molecular formula is C17H32N2O2. The van der Waals surface area contributed by atoms with Gasteiger partial charge in [-0.3, -0.25) is 10.1 Å². The van der Waals surface area contributed by atoms with E-state index >= 15 is 0 Å². The molecule has 0 amide bonds. The first-order chi connectivity index (χ1) is 9.98. The Labute approximate surface area is 129 Å². The summed E-state index contributed by atoms with van der Waals surface area (Å²) < 4.78 is 5.05. The molecule has 0 bridgehead atoms. The van der Waals surface area contributed by atoms with Crippen LogP contribution in [0.1, 0.15) is 59.3 Å².